The Kier molecular flexibility index (Phi) is 5.26. The minimum absolute atomic E-state index is 0.0227. The number of nitrogens with one attached hydrogen (secondary N) is 2. The van der Waals surface area contributed by atoms with Gasteiger partial charge in [0.1, 0.15) is 16.6 Å². The second-order valence-corrected chi connectivity index (χ2v) is 7.97. The molecule has 2 N–H and O–H groups in total. The molecule has 0 fully saturated rings. The number of anilines is 2. The van der Waals surface area contributed by atoms with E-state index in [2.05, 4.69) is 25.3 Å². The third-order valence-corrected chi connectivity index (χ3v) is 5.83. The van der Waals surface area contributed by atoms with E-state index in [9.17, 15) is 4.79 Å². The lowest BCUT2D eigenvalue weighted by Gasteiger charge is -2.20. The molecule has 0 bridgehead atoms. The Bertz CT molecular complexity index is 1390. The third kappa shape index (κ3) is 3.50. The number of aromatic amines is 1. The van der Waals surface area contributed by atoms with E-state index in [0.717, 1.165) is 11.3 Å². The summed E-state index contributed by atoms with van der Waals surface area (Å²) in [5.41, 5.74) is 4.87. The molecule has 9 nitrogen and oxygen atoms in total. The third-order valence-electron chi connectivity index (χ3n) is 5.53. The van der Waals surface area contributed by atoms with Crippen molar-refractivity contribution < 1.29 is 19.0 Å². The maximum Gasteiger partial charge on any atom is 0.342 e. The summed E-state index contributed by atoms with van der Waals surface area (Å²) in [5.74, 6) is 0.0195. The van der Waals surface area contributed by atoms with Gasteiger partial charge in [-0.25, -0.2) is 9.78 Å². The second kappa shape index (κ2) is 8.25. The van der Waals surface area contributed by atoms with Crippen molar-refractivity contribution in [1.82, 2.24) is 19.9 Å². The van der Waals surface area contributed by atoms with E-state index >= 15 is 0 Å². The number of para-hydroxylation sites is 1. The molecule has 10 heteroatoms. The number of aromatic nitrogens is 4. The van der Waals surface area contributed by atoms with Crippen LogP contribution in [0.25, 0.3) is 22.3 Å². The number of cyclic esters (lactones) is 1. The summed E-state index contributed by atoms with van der Waals surface area (Å²) in [6, 6.07) is 7.39. The van der Waals surface area contributed by atoms with Crippen LogP contribution in [0, 0.1) is 0 Å². The standard InChI is InChI=1S/C23H20ClN5O4/c1-11-10-33-22(30)16-17(11)28-19(20(16)27-14-6-4-5-13(24)21(14)31-2)12-7-8-25-15-9-26-23(32-3)29-18(12)15/h4-9,11,27-28H,10H2,1-3H3/t11-/m0/s1. The zero-order valence-corrected chi connectivity index (χ0v) is 18.9. The van der Waals surface area contributed by atoms with Crippen LogP contribution in [0.15, 0.2) is 36.7 Å². The number of halogens is 1. The van der Waals surface area contributed by atoms with Gasteiger partial charge in [0.05, 0.1) is 49.1 Å². The molecule has 0 unspecified atom stereocenters. The summed E-state index contributed by atoms with van der Waals surface area (Å²) in [7, 11) is 3.04. The number of hydrogen-bond acceptors (Lipinski definition) is 8. The van der Waals surface area contributed by atoms with Crippen molar-refractivity contribution >= 4 is 40.0 Å². The highest BCUT2D eigenvalue weighted by Gasteiger charge is 2.33. The fraction of sp³-hybridized carbons (Fsp3) is 0.217. The fourth-order valence-corrected chi connectivity index (χ4v) is 4.21. The van der Waals surface area contributed by atoms with Gasteiger partial charge in [-0.15, -0.1) is 0 Å². The Hall–Kier alpha value is -3.85. The number of ether oxygens (including phenoxy) is 3. The van der Waals surface area contributed by atoms with Crippen LogP contribution in [-0.4, -0.2) is 46.7 Å². The van der Waals surface area contributed by atoms with E-state index < -0.39 is 5.97 Å². The summed E-state index contributed by atoms with van der Waals surface area (Å²) in [4.78, 5) is 29.3. The lowest BCUT2D eigenvalue weighted by molar-refractivity contribution is 0.0448. The van der Waals surface area contributed by atoms with Crippen molar-refractivity contribution in [1.29, 1.82) is 0 Å². The van der Waals surface area contributed by atoms with Crippen molar-refractivity contribution in [2.45, 2.75) is 12.8 Å². The van der Waals surface area contributed by atoms with Crippen LogP contribution in [0.3, 0.4) is 0 Å². The van der Waals surface area contributed by atoms with Gasteiger partial charge in [-0.1, -0.05) is 24.6 Å². The molecule has 4 heterocycles. The minimum atomic E-state index is -0.417. The highest BCUT2D eigenvalue weighted by Crippen LogP contribution is 2.44. The number of fused-ring (bicyclic) bond motifs is 2. The average molecular weight is 466 g/mol. The molecule has 168 valence electrons. The smallest absolute Gasteiger partial charge is 0.342 e. The van der Waals surface area contributed by atoms with Crippen molar-refractivity contribution in [3.05, 3.63) is 52.9 Å². The van der Waals surface area contributed by atoms with Crippen LogP contribution in [0.4, 0.5) is 11.4 Å². The van der Waals surface area contributed by atoms with Gasteiger partial charge < -0.3 is 24.5 Å². The van der Waals surface area contributed by atoms with Crippen molar-refractivity contribution in [3.8, 4) is 23.0 Å². The van der Waals surface area contributed by atoms with Crippen molar-refractivity contribution in [3.63, 3.8) is 0 Å². The number of carbonyl (C=O) groups is 1. The lowest BCUT2D eigenvalue weighted by Crippen LogP contribution is -2.20. The molecule has 33 heavy (non-hydrogen) atoms. The second-order valence-electron chi connectivity index (χ2n) is 7.56. The predicted molar refractivity (Wildman–Crippen MR) is 124 cm³/mol. The zero-order valence-electron chi connectivity index (χ0n) is 18.1. The predicted octanol–water partition coefficient (Wildman–Crippen LogP) is 4.71. The molecule has 0 amide bonds. The molecular weight excluding hydrogens is 446 g/mol. The van der Waals surface area contributed by atoms with Gasteiger partial charge >= 0.3 is 12.0 Å². The molecular formula is C23H20ClN5O4. The van der Waals surface area contributed by atoms with E-state index in [4.69, 9.17) is 25.8 Å². The van der Waals surface area contributed by atoms with Gasteiger partial charge in [0.15, 0.2) is 5.75 Å². The lowest BCUT2D eigenvalue weighted by atomic mass is 10.0. The molecule has 0 spiro atoms. The Morgan fingerprint density at radius 1 is 1.21 bits per heavy atom. The first-order valence-corrected chi connectivity index (χ1v) is 10.6. The summed E-state index contributed by atoms with van der Waals surface area (Å²) in [6.45, 7) is 2.28. The van der Waals surface area contributed by atoms with Gasteiger partial charge in [-0.3, -0.25) is 4.98 Å². The molecule has 1 atom stereocenters. The van der Waals surface area contributed by atoms with Gasteiger partial charge in [-0.05, 0) is 18.2 Å². The number of carbonyl (C=O) groups excluding carboxylic acids is 1. The zero-order chi connectivity index (χ0) is 23.1. The van der Waals surface area contributed by atoms with Crippen LogP contribution >= 0.6 is 11.6 Å². The SMILES string of the molecule is COc1ncc2nccc(-c3[nH]c4c(c3Nc3cccc(Cl)c3OC)C(=O)OC[C@@H]4C)c2n1. The first-order valence-electron chi connectivity index (χ1n) is 10.2. The van der Waals surface area contributed by atoms with E-state index in [0.29, 0.717) is 51.0 Å². The quantitative estimate of drug-likeness (QED) is 0.408. The molecule has 0 radical (unpaired) electrons. The molecule has 0 saturated carbocycles. The maximum absolute atomic E-state index is 12.9. The van der Waals surface area contributed by atoms with Gasteiger partial charge in [0.25, 0.3) is 0 Å². The average Bonchev–Trinajstić information content (AvgIpc) is 3.21. The Morgan fingerprint density at radius 2 is 2.06 bits per heavy atom. The Balaban J connectivity index is 1.78. The first-order chi connectivity index (χ1) is 16.0. The van der Waals surface area contributed by atoms with Gasteiger partial charge in [0.2, 0.25) is 0 Å². The Labute approximate surface area is 194 Å². The van der Waals surface area contributed by atoms with Crippen LogP contribution in [0.2, 0.25) is 5.02 Å². The summed E-state index contributed by atoms with van der Waals surface area (Å²) >= 11 is 6.33. The van der Waals surface area contributed by atoms with E-state index in [-0.39, 0.29) is 11.9 Å². The summed E-state index contributed by atoms with van der Waals surface area (Å²) < 4.78 is 16.1. The molecule has 0 aliphatic carbocycles. The number of esters is 1. The van der Waals surface area contributed by atoms with E-state index in [1.54, 1.807) is 24.5 Å². The number of methoxy groups -OCH3 is 2. The fourth-order valence-electron chi connectivity index (χ4n) is 3.96. The molecule has 0 saturated heterocycles. The number of hydrogen-bond donors (Lipinski definition) is 2. The van der Waals surface area contributed by atoms with Crippen LogP contribution < -0.4 is 14.8 Å². The normalized spacial score (nSPS) is 15.2. The summed E-state index contributed by atoms with van der Waals surface area (Å²) in [6.07, 6.45) is 3.26. The molecule has 3 aromatic heterocycles. The highest BCUT2D eigenvalue weighted by molar-refractivity contribution is 6.32. The molecule has 4 aromatic rings. The van der Waals surface area contributed by atoms with Crippen LogP contribution in [0.1, 0.15) is 28.9 Å². The molecule has 1 aliphatic heterocycles. The van der Waals surface area contributed by atoms with Gasteiger partial charge in [0, 0.05) is 23.4 Å². The number of pyridine rings is 1. The van der Waals surface area contributed by atoms with Crippen LogP contribution in [0.5, 0.6) is 11.8 Å². The monoisotopic (exact) mass is 465 g/mol. The number of H-pyrrole nitrogens is 1. The minimum Gasteiger partial charge on any atom is -0.493 e. The van der Waals surface area contributed by atoms with Gasteiger partial charge in [-0.2, -0.15) is 4.98 Å². The topological polar surface area (TPSA) is 111 Å². The molecule has 1 aliphatic rings. The largest absolute Gasteiger partial charge is 0.493 e. The number of rotatable bonds is 5. The maximum atomic E-state index is 12.9. The van der Waals surface area contributed by atoms with Crippen molar-refractivity contribution in [2.75, 3.05) is 26.1 Å². The Morgan fingerprint density at radius 3 is 2.85 bits per heavy atom. The van der Waals surface area contributed by atoms with E-state index in [1.165, 1.54) is 14.2 Å². The number of nitrogens with zero attached hydrogens (tertiary/aromatic N) is 3. The summed E-state index contributed by atoms with van der Waals surface area (Å²) in [5, 5.41) is 3.79. The first kappa shape index (κ1) is 21.0. The highest BCUT2D eigenvalue weighted by atomic mass is 35.5. The van der Waals surface area contributed by atoms with E-state index in [1.807, 2.05) is 19.1 Å². The molecule has 5 rings (SSSR count). The number of benzene rings is 1. The van der Waals surface area contributed by atoms with Crippen molar-refractivity contribution in [2.24, 2.45) is 0 Å². The molecule has 1 aromatic carbocycles. The van der Waals surface area contributed by atoms with Crippen LogP contribution in [-0.2, 0) is 4.74 Å².